The van der Waals surface area contributed by atoms with Crippen LogP contribution in [0.25, 0.3) is 0 Å². The van der Waals surface area contributed by atoms with Crippen LogP contribution in [-0.2, 0) is 27.0 Å². The Morgan fingerprint density at radius 3 is 2.12 bits per heavy atom. The van der Waals surface area contributed by atoms with Gasteiger partial charge in [-0.05, 0) is 28.2 Å². The summed E-state index contributed by atoms with van der Waals surface area (Å²) in [6.07, 6.45) is 0.285. The molecule has 2 N–H and O–H groups in total. The van der Waals surface area contributed by atoms with Crippen LogP contribution in [0.5, 0.6) is 0 Å². The molecule has 1 aliphatic heterocycles. The van der Waals surface area contributed by atoms with Crippen LogP contribution in [0.4, 0.5) is 10.5 Å². The fraction of sp³-hybridized carbons (Fsp3) is 0.250. The Balaban J connectivity index is 1.60. The number of para-hydroxylation sites is 1. The van der Waals surface area contributed by atoms with Crippen molar-refractivity contribution in [1.82, 2.24) is 10.2 Å². The van der Waals surface area contributed by atoms with Crippen LogP contribution in [0.1, 0.15) is 37.5 Å². The van der Waals surface area contributed by atoms with Gasteiger partial charge in [0.05, 0.1) is 0 Å². The molecule has 1 aliphatic rings. The largest absolute Gasteiger partial charge is 0.325 e. The van der Waals surface area contributed by atoms with Gasteiger partial charge < -0.3 is 10.6 Å². The van der Waals surface area contributed by atoms with Gasteiger partial charge in [-0.15, -0.1) is 0 Å². The van der Waals surface area contributed by atoms with E-state index in [4.69, 9.17) is 0 Å². The van der Waals surface area contributed by atoms with E-state index in [0.29, 0.717) is 11.3 Å². The van der Waals surface area contributed by atoms with Crippen molar-refractivity contribution < 1.29 is 14.4 Å². The van der Waals surface area contributed by atoms with Crippen LogP contribution >= 0.6 is 0 Å². The van der Waals surface area contributed by atoms with Gasteiger partial charge in [-0.2, -0.15) is 0 Å². The van der Waals surface area contributed by atoms with E-state index in [1.165, 1.54) is 0 Å². The number of hydrogen-bond donors (Lipinski definition) is 2. The molecule has 34 heavy (non-hydrogen) atoms. The molecule has 1 atom stereocenters. The molecule has 174 valence electrons. The standard InChI is InChI=1S/C28H29N3O3/c1-27(2,3)22-16-10-11-17-23(22)29-24(32)19-31-25(33)28(30-26(31)34,21-14-8-5-9-15-21)18-20-12-6-4-7-13-20/h4-17H,18-19H2,1-3H3,(H,29,32)(H,30,34)/t28-/m1/s1. The molecule has 0 radical (unpaired) electrons. The van der Waals surface area contributed by atoms with Gasteiger partial charge in [0.25, 0.3) is 5.91 Å². The highest BCUT2D eigenvalue weighted by Gasteiger charge is 2.52. The smallest absolute Gasteiger partial charge is 0.324 e. The Bertz CT molecular complexity index is 1200. The number of hydrogen-bond acceptors (Lipinski definition) is 3. The first kappa shape index (κ1) is 23.2. The third-order valence-corrected chi connectivity index (χ3v) is 6.07. The molecule has 4 rings (SSSR count). The van der Waals surface area contributed by atoms with E-state index in [0.717, 1.165) is 16.0 Å². The second-order valence-corrected chi connectivity index (χ2v) is 9.60. The van der Waals surface area contributed by atoms with Crippen molar-refractivity contribution in [2.45, 2.75) is 38.1 Å². The number of urea groups is 1. The SMILES string of the molecule is CC(C)(C)c1ccccc1NC(=O)CN1C(=O)N[C@](Cc2ccccc2)(c2ccccc2)C1=O. The molecule has 1 heterocycles. The Morgan fingerprint density at radius 1 is 0.882 bits per heavy atom. The normalized spacial score (nSPS) is 18.0. The summed E-state index contributed by atoms with van der Waals surface area (Å²) in [6, 6.07) is 25.7. The monoisotopic (exact) mass is 455 g/mol. The van der Waals surface area contributed by atoms with Gasteiger partial charge >= 0.3 is 6.03 Å². The Hall–Kier alpha value is -3.93. The maximum atomic E-state index is 13.7. The predicted octanol–water partition coefficient (Wildman–Crippen LogP) is 4.61. The molecule has 0 aliphatic carbocycles. The summed E-state index contributed by atoms with van der Waals surface area (Å²) in [6.45, 7) is 5.82. The average molecular weight is 456 g/mol. The minimum atomic E-state index is -1.27. The van der Waals surface area contributed by atoms with Crippen LogP contribution in [0, 0.1) is 0 Å². The van der Waals surface area contributed by atoms with Gasteiger partial charge in [-0.3, -0.25) is 14.5 Å². The van der Waals surface area contributed by atoms with Gasteiger partial charge in [-0.1, -0.05) is 99.6 Å². The number of carbonyl (C=O) groups excluding carboxylic acids is 3. The average Bonchev–Trinajstić information content (AvgIpc) is 3.05. The van der Waals surface area contributed by atoms with Crippen LogP contribution in [-0.4, -0.2) is 29.3 Å². The lowest BCUT2D eigenvalue weighted by atomic mass is 9.83. The maximum absolute atomic E-state index is 13.7. The zero-order valence-corrected chi connectivity index (χ0v) is 19.7. The maximum Gasteiger partial charge on any atom is 0.325 e. The molecule has 0 aromatic heterocycles. The molecule has 0 saturated carbocycles. The quantitative estimate of drug-likeness (QED) is 0.533. The van der Waals surface area contributed by atoms with Crippen molar-refractivity contribution in [3.05, 3.63) is 102 Å². The first-order valence-corrected chi connectivity index (χ1v) is 11.3. The van der Waals surface area contributed by atoms with Crippen molar-refractivity contribution in [3.8, 4) is 0 Å². The van der Waals surface area contributed by atoms with E-state index >= 15 is 0 Å². The summed E-state index contributed by atoms with van der Waals surface area (Å²) in [5.74, 6) is -0.865. The second kappa shape index (κ2) is 9.14. The van der Waals surface area contributed by atoms with Gasteiger partial charge in [-0.25, -0.2) is 4.79 Å². The molecule has 6 heteroatoms. The molecule has 3 aromatic rings. The molecule has 0 unspecified atom stereocenters. The molecular weight excluding hydrogens is 426 g/mol. The van der Waals surface area contributed by atoms with Gasteiger partial charge in [0.15, 0.2) is 5.54 Å². The highest BCUT2D eigenvalue weighted by Crippen LogP contribution is 2.33. The molecular formula is C28H29N3O3. The Morgan fingerprint density at radius 2 is 1.47 bits per heavy atom. The van der Waals surface area contributed by atoms with Crippen molar-refractivity contribution in [2.75, 3.05) is 11.9 Å². The molecule has 1 saturated heterocycles. The summed E-state index contributed by atoms with van der Waals surface area (Å²) in [4.78, 5) is 40.7. The molecule has 0 spiro atoms. The van der Waals surface area contributed by atoms with Crippen molar-refractivity contribution in [2.24, 2.45) is 0 Å². The topological polar surface area (TPSA) is 78.5 Å². The van der Waals surface area contributed by atoms with Gasteiger partial charge in [0, 0.05) is 12.1 Å². The lowest BCUT2D eigenvalue weighted by Crippen LogP contribution is -2.46. The van der Waals surface area contributed by atoms with Crippen LogP contribution in [0.3, 0.4) is 0 Å². The fourth-order valence-corrected chi connectivity index (χ4v) is 4.39. The lowest BCUT2D eigenvalue weighted by Gasteiger charge is -2.27. The summed E-state index contributed by atoms with van der Waals surface area (Å²) in [7, 11) is 0. The minimum Gasteiger partial charge on any atom is -0.324 e. The first-order chi connectivity index (χ1) is 16.2. The summed E-state index contributed by atoms with van der Waals surface area (Å²) < 4.78 is 0. The van der Waals surface area contributed by atoms with Crippen LogP contribution < -0.4 is 10.6 Å². The number of anilines is 1. The molecule has 0 bridgehead atoms. The number of benzene rings is 3. The second-order valence-electron chi connectivity index (χ2n) is 9.60. The van der Waals surface area contributed by atoms with Crippen LogP contribution in [0.2, 0.25) is 0 Å². The zero-order chi connectivity index (χ0) is 24.3. The Labute approximate surface area is 200 Å². The molecule has 3 aromatic carbocycles. The van der Waals surface area contributed by atoms with E-state index in [9.17, 15) is 14.4 Å². The number of rotatable bonds is 6. The molecule has 6 nitrogen and oxygen atoms in total. The Kier molecular flexibility index (Phi) is 6.24. The zero-order valence-electron chi connectivity index (χ0n) is 19.7. The third-order valence-electron chi connectivity index (χ3n) is 6.07. The number of amides is 4. The summed E-state index contributed by atoms with van der Waals surface area (Å²) >= 11 is 0. The predicted molar refractivity (Wildman–Crippen MR) is 132 cm³/mol. The van der Waals surface area contributed by atoms with E-state index < -0.39 is 23.4 Å². The van der Waals surface area contributed by atoms with Crippen molar-refractivity contribution in [1.29, 1.82) is 0 Å². The minimum absolute atomic E-state index is 0.178. The fourth-order valence-electron chi connectivity index (χ4n) is 4.39. The number of nitrogens with zero attached hydrogens (tertiary/aromatic N) is 1. The number of imide groups is 1. The van der Waals surface area contributed by atoms with Gasteiger partial charge in [0.1, 0.15) is 6.54 Å². The highest BCUT2D eigenvalue weighted by atomic mass is 16.2. The lowest BCUT2D eigenvalue weighted by molar-refractivity contribution is -0.134. The van der Waals surface area contributed by atoms with E-state index in [1.54, 1.807) is 0 Å². The summed E-state index contributed by atoms with van der Waals surface area (Å²) in [5, 5.41) is 5.78. The van der Waals surface area contributed by atoms with E-state index in [2.05, 4.69) is 31.4 Å². The highest BCUT2D eigenvalue weighted by molar-refractivity contribution is 6.10. The first-order valence-electron chi connectivity index (χ1n) is 11.3. The van der Waals surface area contributed by atoms with Crippen molar-refractivity contribution >= 4 is 23.5 Å². The van der Waals surface area contributed by atoms with E-state index in [-0.39, 0.29) is 18.4 Å². The summed E-state index contributed by atoms with van der Waals surface area (Å²) in [5.41, 5.74) is 1.78. The molecule has 4 amide bonds. The van der Waals surface area contributed by atoms with E-state index in [1.807, 2.05) is 84.9 Å². The third kappa shape index (κ3) is 4.57. The molecule has 1 fully saturated rings. The van der Waals surface area contributed by atoms with Crippen molar-refractivity contribution in [3.63, 3.8) is 0 Å². The number of nitrogens with one attached hydrogen (secondary N) is 2. The van der Waals surface area contributed by atoms with Gasteiger partial charge in [0.2, 0.25) is 5.91 Å². The number of carbonyl (C=O) groups is 3. The van der Waals surface area contributed by atoms with Crippen LogP contribution in [0.15, 0.2) is 84.9 Å².